The number of methoxy groups -OCH3 is 1. The van der Waals surface area contributed by atoms with Crippen LogP contribution in [0.1, 0.15) is 38.3 Å². The van der Waals surface area contributed by atoms with Gasteiger partial charge in [-0.25, -0.2) is 4.99 Å². The van der Waals surface area contributed by atoms with E-state index in [-0.39, 0.29) is 24.0 Å². The third-order valence-electron chi connectivity index (χ3n) is 4.34. The fraction of sp³-hybridized carbons (Fsp3) is 0.667. The van der Waals surface area contributed by atoms with Crippen LogP contribution in [0.5, 0.6) is 5.75 Å². The molecule has 0 spiro atoms. The van der Waals surface area contributed by atoms with Crippen molar-refractivity contribution < 1.29 is 9.47 Å². The summed E-state index contributed by atoms with van der Waals surface area (Å²) in [6, 6.07) is 6.29. The highest BCUT2D eigenvalue weighted by Crippen LogP contribution is 2.21. The van der Waals surface area contributed by atoms with Gasteiger partial charge in [0.25, 0.3) is 0 Å². The lowest BCUT2D eigenvalue weighted by Gasteiger charge is -2.19. The van der Waals surface area contributed by atoms with E-state index in [4.69, 9.17) is 14.5 Å². The average Bonchev–Trinajstić information content (AvgIpc) is 2.67. The van der Waals surface area contributed by atoms with E-state index in [2.05, 4.69) is 61.4 Å². The Bertz CT molecular complexity index is 551. The average molecular weight is 506 g/mol. The first-order valence-electron chi connectivity index (χ1n) is 10.1. The molecule has 0 aromatic heterocycles. The largest absolute Gasteiger partial charge is 0.493 e. The molecule has 7 heteroatoms. The molecular weight excluding hydrogens is 467 g/mol. The van der Waals surface area contributed by atoms with Crippen molar-refractivity contribution in [1.82, 2.24) is 15.5 Å². The van der Waals surface area contributed by atoms with Crippen LogP contribution in [0.15, 0.2) is 23.2 Å². The first-order chi connectivity index (χ1) is 13.1. The third kappa shape index (κ3) is 11.1. The molecule has 0 aliphatic rings. The number of benzene rings is 1. The summed E-state index contributed by atoms with van der Waals surface area (Å²) in [5.74, 6) is 1.75. The summed E-state index contributed by atoms with van der Waals surface area (Å²) in [5.41, 5.74) is 2.28. The van der Waals surface area contributed by atoms with E-state index in [0.717, 1.165) is 56.4 Å². The molecule has 0 saturated heterocycles. The van der Waals surface area contributed by atoms with E-state index >= 15 is 0 Å². The molecule has 0 radical (unpaired) electrons. The minimum Gasteiger partial charge on any atom is -0.493 e. The number of halogens is 1. The number of hydrogen-bond acceptors (Lipinski definition) is 4. The van der Waals surface area contributed by atoms with Gasteiger partial charge in [0.1, 0.15) is 5.75 Å². The molecule has 0 bridgehead atoms. The summed E-state index contributed by atoms with van der Waals surface area (Å²) in [7, 11) is 1.71. The van der Waals surface area contributed by atoms with Gasteiger partial charge in [-0.2, -0.15) is 0 Å². The fourth-order valence-corrected chi connectivity index (χ4v) is 2.69. The molecule has 0 aliphatic carbocycles. The number of nitrogens with one attached hydrogen (secondary N) is 2. The number of ether oxygens (including phenoxy) is 2. The van der Waals surface area contributed by atoms with Crippen LogP contribution in [0.25, 0.3) is 0 Å². The van der Waals surface area contributed by atoms with Crippen molar-refractivity contribution in [3.63, 3.8) is 0 Å². The fourth-order valence-electron chi connectivity index (χ4n) is 2.69. The third-order valence-corrected chi connectivity index (χ3v) is 4.34. The van der Waals surface area contributed by atoms with E-state index in [1.54, 1.807) is 7.11 Å². The van der Waals surface area contributed by atoms with Crippen LogP contribution in [-0.4, -0.2) is 63.9 Å². The van der Waals surface area contributed by atoms with Gasteiger partial charge >= 0.3 is 0 Å². The molecule has 6 nitrogen and oxygen atoms in total. The standard InChI is InChI=1S/C21H38N4O2.HI/c1-6-22-21(23-12-13-25(7-2)8-3)24-17-19-11-10-18(4)16-20(19)27-15-9-14-26-5;/h10-11,16H,6-9,12-15,17H2,1-5H3,(H2,22,23,24);1H. The zero-order chi connectivity index (χ0) is 19.9. The maximum atomic E-state index is 5.96. The maximum Gasteiger partial charge on any atom is 0.191 e. The molecule has 0 unspecified atom stereocenters. The highest BCUT2D eigenvalue weighted by Gasteiger charge is 2.06. The SMILES string of the molecule is CCNC(=NCc1ccc(C)cc1OCCCOC)NCCN(CC)CC.I. The maximum absolute atomic E-state index is 5.96. The van der Waals surface area contributed by atoms with Gasteiger partial charge < -0.3 is 25.0 Å². The summed E-state index contributed by atoms with van der Waals surface area (Å²) in [4.78, 5) is 7.13. The van der Waals surface area contributed by atoms with Crippen LogP contribution in [-0.2, 0) is 11.3 Å². The van der Waals surface area contributed by atoms with Gasteiger partial charge in [-0.3, -0.25) is 0 Å². The van der Waals surface area contributed by atoms with Gasteiger partial charge in [0.05, 0.1) is 13.2 Å². The number of nitrogens with zero attached hydrogens (tertiary/aromatic N) is 2. The number of rotatable bonds is 13. The predicted molar refractivity (Wildman–Crippen MR) is 129 cm³/mol. The Balaban J connectivity index is 0.00000729. The Labute approximate surface area is 188 Å². The number of aliphatic imine (C=N–C) groups is 1. The van der Waals surface area contributed by atoms with Crippen molar-refractivity contribution in [2.45, 2.75) is 40.7 Å². The summed E-state index contributed by atoms with van der Waals surface area (Å²) >= 11 is 0. The highest BCUT2D eigenvalue weighted by atomic mass is 127. The van der Waals surface area contributed by atoms with Crippen LogP contribution in [0.3, 0.4) is 0 Å². The second kappa shape index (κ2) is 16.9. The number of guanidine groups is 1. The second-order valence-corrected chi connectivity index (χ2v) is 6.45. The Morgan fingerprint density at radius 3 is 2.50 bits per heavy atom. The summed E-state index contributed by atoms with van der Waals surface area (Å²) in [6.07, 6.45) is 0.878. The molecule has 1 rings (SSSR count). The molecular formula is C21H39IN4O2. The number of hydrogen-bond donors (Lipinski definition) is 2. The number of aryl methyl sites for hydroxylation is 1. The molecule has 1 aromatic rings. The van der Waals surface area contributed by atoms with Gasteiger partial charge in [-0.1, -0.05) is 26.0 Å². The Hall–Kier alpha value is -1.06. The van der Waals surface area contributed by atoms with Crippen molar-refractivity contribution in [2.75, 3.05) is 53.0 Å². The minimum atomic E-state index is 0. The lowest BCUT2D eigenvalue weighted by Crippen LogP contribution is -2.41. The lowest BCUT2D eigenvalue weighted by atomic mass is 10.1. The number of likely N-dealkylation sites (N-methyl/N-ethyl adjacent to an activating group) is 1. The van der Waals surface area contributed by atoms with E-state index in [1.807, 2.05) is 0 Å². The van der Waals surface area contributed by atoms with Gasteiger partial charge in [-0.15, -0.1) is 24.0 Å². The van der Waals surface area contributed by atoms with Crippen molar-refractivity contribution in [2.24, 2.45) is 4.99 Å². The zero-order valence-corrected chi connectivity index (χ0v) is 20.5. The Kier molecular flexibility index (Phi) is 16.2. The van der Waals surface area contributed by atoms with Crippen molar-refractivity contribution in [3.8, 4) is 5.75 Å². The van der Waals surface area contributed by atoms with Gasteiger partial charge in [-0.05, 0) is 38.6 Å². The topological polar surface area (TPSA) is 58.1 Å². The van der Waals surface area contributed by atoms with Gasteiger partial charge in [0.15, 0.2) is 5.96 Å². The normalized spacial score (nSPS) is 11.3. The van der Waals surface area contributed by atoms with Crippen LogP contribution in [0.2, 0.25) is 0 Å². The first-order valence-corrected chi connectivity index (χ1v) is 10.1. The van der Waals surface area contributed by atoms with Crippen LogP contribution >= 0.6 is 24.0 Å². The molecule has 2 N–H and O–H groups in total. The van der Waals surface area contributed by atoms with E-state index in [1.165, 1.54) is 5.56 Å². The molecule has 0 heterocycles. The minimum absolute atomic E-state index is 0. The lowest BCUT2D eigenvalue weighted by molar-refractivity contribution is 0.172. The van der Waals surface area contributed by atoms with Crippen molar-refractivity contribution in [1.29, 1.82) is 0 Å². The summed E-state index contributed by atoms with van der Waals surface area (Å²) in [5, 5.41) is 6.74. The Morgan fingerprint density at radius 1 is 1.11 bits per heavy atom. The first kappa shape index (κ1) is 26.9. The van der Waals surface area contributed by atoms with Crippen LogP contribution < -0.4 is 15.4 Å². The van der Waals surface area contributed by atoms with Crippen molar-refractivity contribution >= 4 is 29.9 Å². The smallest absolute Gasteiger partial charge is 0.191 e. The summed E-state index contributed by atoms with van der Waals surface area (Å²) in [6.45, 7) is 15.3. The van der Waals surface area contributed by atoms with E-state index in [0.29, 0.717) is 19.8 Å². The van der Waals surface area contributed by atoms with Crippen LogP contribution in [0, 0.1) is 6.92 Å². The molecule has 0 aliphatic heterocycles. The molecule has 0 amide bonds. The van der Waals surface area contributed by atoms with E-state index in [9.17, 15) is 0 Å². The highest BCUT2D eigenvalue weighted by molar-refractivity contribution is 14.0. The van der Waals surface area contributed by atoms with Gasteiger partial charge in [0, 0.05) is 45.3 Å². The Morgan fingerprint density at radius 2 is 1.86 bits per heavy atom. The van der Waals surface area contributed by atoms with Crippen LogP contribution in [0.4, 0.5) is 0 Å². The predicted octanol–water partition coefficient (Wildman–Crippen LogP) is 3.43. The van der Waals surface area contributed by atoms with Gasteiger partial charge in [0.2, 0.25) is 0 Å². The molecule has 0 atom stereocenters. The van der Waals surface area contributed by atoms with E-state index < -0.39 is 0 Å². The van der Waals surface area contributed by atoms with Crippen molar-refractivity contribution in [3.05, 3.63) is 29.3 Å². The zero-order valence-electron chi connectivity index (χ0n) is 18.2. The molecule has 0 saturated carbocycles. The molecule has 0 fully saturated rings. The molecule has 28 heavy (non-hydrogen) atoms. The second-order valence-electron chi connectivity index (χ2n) is 6.45. The molecule has 1 aromatic carbocycles. The monoisotopic (exact) mass is 506 g/mol. The quantitative estimate of drug-likeness (QED) is 0.186. The molecule has 162 valence electrons. The summed E-state index contributed by atoms with van der Waals surface area (Å²) < 4.78 is 11.0.